The molecule has 0 aliphatic heterocycles. The molecule has 0 fully saturated rings. The Balaban J connectivity index is 1.98. The molecule has 2 amide bonds. The average Bonchev–Trinajstić information content (AvgIpc) is 3.04. The highest BCUT2D eigenvalue weighted by molar-refractivity contribution is 6.06. The van der Waals surface area contributed by atoms with Crippen LogP contribution in [0, 0.1) is 13.8 Å². The highest BCUT2D eigenvalue weighted by Crippen LogP contribution is 2.19. The maximum atomic E-state index is 12.9. The van der Waals surface area contributed by atoms with Crippen LogP contribution in [0.2, 0.25) is 0 Å². The Hall–Kier alpha value is -3.15. The number of carbonyl (C=O) groups is 2. The number of rotatable bonds is 5. The van der Waals surface area contributed by atoms with Crippen LogP contribution in [0.5, 0.6) is 0 Å². The molecule has 0 saturated heterocycles. The van der Waals surface area contributed by atoms with E-state index in [0.29, 0.717) is 5.52 Å². The van der Waals surface area contributed by atoms with Crippen LogP contribution in [0.25, 0.3) is 5.52 Å². The molecule has 6 nitrogen and oxygen atoms in total. The third kappa shape index (κ3) is 3.84. The van der Waals surface area contributed by atoms with Gasteiger partial charge >= 0.3 is 0 Å². The number of nitrogens with zero attached hydrogens (tertiary/aromatic N) is 2. The molecule has 0 bridgehead atoms. The summed E-state index contributed by atoms with van der Waals surface area (Å²) >= 11 is 0. The van der Waals surface area contributed by atoms with Gasteiger partial charge in [0.25, 0.3) is 11.8 Å². The molecule has 3 aromatic rings. The minimum atomic E-state index is -0.354. The molecule has 0 aliphatic rings. The lowest BCUT2D eigenvalue weighted by atomic mass is 10.1. The van der Waals surface area contributed by atoms with Gasteiger partial charge in [0.1, 0.15) is 0 Å². The number of amides is 2. The van der Waals surface area contributed by atoms with E-state index in [1.165, 1.54) is 0 Å². The van der Waals surface area contributed by atoms with Crippen molar-refractivity contribution in [3.05, 3.63) is 65.2 Å². The first-order valence-corrected chi connectivity index (χ1v) is 9.07. The topological polar surface area (TPSA) is 75.5 Å². The number of imidazole rings is 1. The Morgan fingerprint density at radius 3 is 2.67 bits per heavy atom. The summed E-state index contributed by atoms with van der Waals surface area (Å²) in [4.78, 5) is 29.8. The summed E-state index contributed by atoms with van der Waals surface area (Å²) in [5.74, 6) is -0.452. The molecule has 3 rings (SSSR count). The molecule has 27 heavy (non-hydrogen) atoms. The summed E-state index contributed by atoms with van der Waals surface area (Å²) in [6, 6.07) is 11.3. The smallest absolute Gasteiger partial charge is 0.292 e. The normalized spacial score (nSPS) is 12.0. The van der Waals surface area contributed by atoms with Gasteiger partial charge in [-0.15, -0.1) is 0 Å². The second kappa shape index (κ2) is 7.61. The van der Waals surface area contributed by atoms with Crippen LogP contribution in [0.15, 0.2) is 42.6 Å². The number of fused-ring (bicyclic) bond motifs is 1. The largest absolute Gasteiger partial charge is 0.348 e. The number of benzene rings is 1. The molecular weight excluding hydrogens is 340 g/mol. The molecule has 1 atom stereocenters. The van der Waals surface area contributed by atoms with Crippen LogP contribution in [-0.2, 0) is 0 Å². The summed E-state index contributed by atoms with van der Waals surface area (Å²) in [6.07, 6.45) is 2.55. The summed E-state index contributed by atoms with van der Waals surface area (Å²) < 4.78 is 1.64. The third-order valence-corrected chi connectivity index (χ3v) is 4.60. The van der Waals surface area contributed by atoms with Crippen molar-refractivity contribution in [2.24, 2.45) is 0 Å². The number of nitrogens with one attached hydrogen (secondary N) is 2. The standard InChI is InChI=1S/C21H24N4O2/c1-5-15(4)22-20(26)18-17-8-6-7-11-25(17)19(24-18)21(27)23-16-12-13(2)9-10-14(16)3/h6-12,15H,5H2,1-4H3,(H,22,26)(H,23,27). The fourth-order valence-corrected chi connectivity index (χ4v) is 2.81. The predicted octanol–water partition coefficient (Wildman–Crippen LogP) is 3.73. The monoisotopic (exact) mass is 364 g/mol. The predicted molar refractivity (Wildman–Crippen MR) is 106 cm³/mol. The SMILES string of the molecule is CCC(C)NC(=O)c1nc(C(=O)Nc2cc(C)ccc2C)n2ccccc12. The minimum absolute atomic E-state index is 0.0326. The Labute approximate surface area is 158 Å². The van der Waals surface area contributed by atoms with E-state index in [9.17, 15) is 9.59 Å². The van der Waals surface area contributed by atoms with Crippen LogP contribution in [0.3, 0.4) is 0 Å². The van der Waals surface area contributed by atoms with Crippen molar-refractivity contribution in [3.63, 3.8) is 0 Å². The maximum Gasteiger partial charge on any atom is 0.292 e. The lowest BCUT2D eigenvalue weighted by molar-refractivity contribution is 0.0936. The highest BCUT2D eigenvalue weighted by Gasteiger charge is 2.22. The Morgan fingerprint density at radius 1 is 1.15 bits per heavy atom. The molecule has 0 saturated carbocycles. The van der Waals surface area contributed by atoms with Crippen molar-refractivity contribution in [1.82, 2.24) is 14.7 Å². The van der Waals surface area contributed by atoms with Crippen molar-refractivity contribution in [1.29, 1.82) is 0 Å². The zero-order chi connectivity index (χ0) is 19.6. The van der Waals surface area contributed by atoms with E-state index in [4.69, 9.17) is 0 Å². The van der Waals surface area contributed by atoms with Crippen molar-refractivity contribution in [2.75, 3.05) is 5.32 Å². The van der Waals surface area contributed by atoms with Crippen molar-refractivity contribution in [2.45, 2.75) is 40.2 Å². The molecular formula is C21H24N4O2. The summed E-state index contributed by atoms with van der Waals surface area (Å²) in [6.45, 7) is 7.84. The molecule has 2 heterocycles. The van der Waals surface area contributed by atoms with Gasteiger partial charge in [-0.3, -0.25) is 14.0 Å². The van der Waals surface area contributed by atoms with Crippen LogP contribution in [0.4, 0.5) is 5.69 Å². The quantitative estimate of drug-likeness (QED) is 0.724. The Morgan fingerprint density at radius 2 is 1.93 bits per heavy atom. The lowest BCUT2D eigenvalue weighted by Gasteiger charge is -2.09. The zero-order valence-electron chi connectivity index (χ0n) is 16.0. The number of aryl methyl sites for hydroxylation is 2. The number of pyridine rings is 1. The first kappa shape index (κ1) is 18.6. The molecule has 6 heteroatoms. The van der Waals surface area contributed by atoms with E-state index in [0.717, 1.165) is 23.2 Å². The number of hydrogen-bond acceptors (Lipinski definition) is 3. The van der Waals surface area contributed by atoms with Gasteiger partial charge in [0, 0.05) is 17.9 Å². The van der Waals surface area contributed by atoms with Crippen LogP contribution in [-0.4, -0.2) is 27.2 Å². The van der Waals surface area contributed by atoms with Gasteiger partial charge in [0.05, 0.1) is 5.52 Å². The van der Waals surface area contributed by atoms with E-state index < -0.39 is 0 Å². The van der Waals surface area contributed by atoms with Crippen LogP contribution in [0.1, 0.15) is 52.5 Å². The third-order valence-electron chi connectivity index (χ3n) is 4.60. The first-order chi connectivity index (χ1) is 12.9. The van der Waals surface area contributed by atoms with Gasteiger partial charge < -0.3 is 10.6 Å². The van der Waals surface area contributed by atoms with Crippen molar-refractivity contribution >= 4 is 23.0 Å². The fraction of sp³-hybridized carbons (Fsp3) is 0.286. The van der Waals surface area contributed by atoms with Gasteiger partial charge in [-0.05, 0) is 56.5 Å². The van der Waals surface area contributed by atoms with E-state index in [1.807, 2.05) is 52.0 Å². The molecule has 0 spiro atoms. The van der Waals surface area contributed by atoms with Gasteiger partial charge in [-0.2, -0.15) is 0 Å². The number of carbonyl (C=O) groups excluding carboxylic acids is 2. The summed E-state index contributed by atoms with van der Waals surface area (Å²) in [7, 11) is 0. The molecule has 1 aromatic carbocycles. The zero-order valence-corrected chi connectivity index (χ0v) is 16.0. The fourth-order valence-electron chi connectivity index (χ4n) is 2.81. The van der Waals surface area contributed by atoms with E-state index in [-0.39, 0.29) is 29.4 Å². The molecule has 2 aromatic heterocycles. The first-order valence-electron chi connectivity index (χ1n) is 9.07. The van der Waals surface area contributed by atoms with Crippen molar-refractivity contribution in [3.8, 4) is 0 Å². The van der Waals surface area contributed by atoms with E-state index in [2.05, 4.69) is 15.6 Å². The molecule has 0 radical (unpaired) electrons. The second-order valence-corrected chi connectivity index (χ2v) is 6.80. The number of anilines is 1. The minimum Gasteiger partial charge on any atom is -0.348 e. The van der Waals surface area contributed by atoms with Gasteiger partial charge in [-0.1, -0.05) is 25.1 Å². The average molecular weight is 364 g/mol. The van der Waals surface area contributed by atoms with Gasteiger partial charge in [-0.25, -0.2) is 4.98 Å². The van der Waals surface area contributed by atoms with E-state index in [1.54, 1.807) is 22.7 Å². The summed E-state index contributed by atoms with van der Waals surface area (Å²) in [5, 5.41) is 5.82. The second-order valence-electron chi connectivity index (χ2n) is 6.80. The molecule has 2 N–H and O–H groups in total. The van der Waals surface area contributed by atoms with Crippen LogP contribution < -0.4 is 10.6 Å². The Bertz CT molecular complexity index is 1010. The van der Waals surface area contributed by atoms with E-state index >= 15 is 0 Å². The maximum absolute atomic E-state index is 12.9. The van der Waals surface area contributed by atoms with Gasteiger partial charge in [0.15, 0.2) is 5.69 Å². The lowest BCUT2D eigenvalue weighted by Crippen LogP contribution is -2.32. The van der Waals surface area contributed by atoms with Crippen molar-refractivity contribution < 1.29 is 9.59 Å². The molecule has 1 unspecified atom stereocenters. The molecule has 0 aliphatic carbocycles. The Kier molecular flexibility index (Phi) is 5.26. The number of aromatic nitrogens is 2. The highest BCUT2D eigenvalue weighted by atomic mass is 16.2. The molecule has 140 valence electrons. The van der Waals surface area contributed by atoms with Crippen LogP contribution >= 0.6 is 0 Å². The summed E-state index contributed by atoms with van der Waals surface area (Å²) in [5.41, 5.74) is 3.60. The van der Waals surface area contributed by atoms with Gasteiger partial charge in [0.2, 0.25) is 5.82 Å². The number of hydrogen-bond donors (Lipinski definition) is 2.